The van der Waals surface area contributed by atoms with Crippen LogP contribution < -0.4 is 5.32 Å². The smallest absolute Gasteiger partial charge is 0.312 e. The van der Waals surface area contributed by atoms with E-state index in [1.54, 1.807) is 0 Å². The molecule has 0 aliphatic rings. The van der Waals surface area contributed by atoms with Crippen molar-refractivity contribution in [1.82, 2.24) is 10.3 Å². The molecule has 1 aromatic heterocycles. The Morgan fingerprint density at radius 1 is 0.875 bits per heavy atom. The molecule has 0 fully saturated rings. The molecule has 1 aromatic carbocycles. The first-order valence-electron chi connectivity index (χ1n) is 12.3. The molecule has 0 spiro atoms. The van der Waals surface area contributed by atoms with Gasteiger partial charge in [0.15, 0.2) is 0 Å². The van der Waals surface area contributed by atoms with Gasteiger partial charge in [0.25, 0.3) is 0 Å². The summed E-state index contributed by atoms with van der Waals surface area (Å²) in [7, 11) is 0. The predicted octanol–water partition coefficient (Wildman–Crippen LogP) is 6.54. The van der Waals surface area contributed by atoms with Crippen molar-refractivity contribution in [2.75, 3.05) is 13.1 Å². The summed E-state index contributed by atoms with van der Waals surface area (Å²) in [5.74, 6) is -1.23. The van der Waals surface area contributed by atoms with Gasteiger partial charge in [-0.3, -0.25) is 9.78 Å². The second kappa shape index (κ2) is 17.1. The first kappa shape index (κ1) is 25.8. The number of hydrogen-bond donors (Lipinski definition) is 2. The van der Waals surface area contributed by atoms with E-state index in [1.807, 2.05) is 48.8 Å². The summed E-state index contributed by atoms with van der Waals surface area (Å²) in [6.07, 6.45) is 22.0. The van der Waals surface area contributed by atoms with E-state index in [4.69, 9.17) is 0 Å². The van der Waals surface area contributed by atoms with Crippen LogP contribution in [0.5, 0.6) is 0 Å². The molecule has 0 saturated carbocycles. The van der Waals surface area contributed by atoms with E-state index in [1.165, 1.54) is 56.9 Å². The van der Waals surface area contributed by atoms with E-state index >= 15 is 0 Å². The van der Waals surface area contributed by atoms with Crippen LogP contribution in [0.25, 0.3) is 0 Å². The summed E-state index contributed by atoms with van der Waals surface area (Å²) < 4.78 is 0. The summed E-state index contributed by atoms with van der Waals surface area (Å²) >= 11 is 0. The van der Waals surface area contributed by atoms with Gasteiger partial charge in [0, 0.05) is 18.9 Å². The third kappa shape index (κ3) is 11.8. The first-order valence-corrected chi connectivity index (χ1v) is 12.3. The fourth-order valence-electron chi connectivity index (χ4n) is 3.88. The number of allylic oxidation sites excluding steroid dienone is 2. The van der Waals surface area contributed by atoms with Crippen molar-refractivity contribution < 1.29 is 9.90 Å². The molecule has 0 amide bonds. The van der Waals surface area contributed by atoms with Gasteiger partial charge in [-0.2, -0.15) is 0 Å². The fraction of sp³-hybridized carbons (Fsp3) is 0.500. The molecule has 2 rings (SSSR count). The monoisotopic (exact) mass is 436 g/mol. The van der Waals surface area contributed by atoms with Gasteiger partial charge in [0.05, 0.1) is 5.92 Å². The molecule has 4 heteroatoms. The molecule has 0 unspecified atom stereocenters. The number of aliphatic carboxylic acids is 1. The van der Waals surface area contributed by atoms with Crippen molar-refractivity contribution in [2.45, 2.75) is 76.5 Å². The lowest BCUT2D eigenvalue weighted by Crippen LogP contribution is -2.27. The van der Waals surface area contributed by atoms with E-state index in [9.17, 15) is 9.90 Å². The van der Waals surface area contributed by atoms with E-state index in [0.29, 0.717) is 6.54 Å². The summed E-state index contributed by atoms with van der Waals surface area (Å²) in [5.41, 5.74) is 2.18. The van der Waals surface area contributed by atoms with Crippen molar-refractivity contribution in [3.05, 3.63) is 78.1 Å². The van der Waals surface area contributed by atoms with Gasteiger partial charge in [-0.1, -0.05) is 87.1 Å². The largest absolute Gasteiger partial charge is 0.481 e. The first-order chi connectivity index (χ1) is 15.8. The van der Waals surface area contributed by atoms with Gasteiger partial charge in [-0.05, 0) is 55.8 Å². The van der Waals surface area contributed by atoms with Gasteiger partial charge in [0.2, 0.25) is 0 Å². The molecule has 0 radical (unpaired) electrons. The SMILES string of the molecule is O=C(O)[C@H](CNCCCCCCCCCCC=CCCc1cccnc1)c1ccccc1. The second-order valence-electron chi connectivity index (χ2n) is 8.49. The number of aromatic nitrogens is 1. The number of nitrogens with one attached hydrogen (secondary N) is 1. The Labute approximate surface area is 194 Å². The Morgan fingerprint density at radius 2 is 1.56 bits per heavy atom. The van der Waals surface area contributed by atoms with Crippen molar-refractivity contribution in [1.29, 1.82) is 0 Å². The van der Waals surface area contributed by atoms with E-state index < -0.39 is 11.9 Å². The standard InChI is InChI=1S/C28H40N2O2/c31-28(32)27(26-19-13-11-14-20-26)24-30-21-15-10-8-6-4-2-1-3-5-7-9-12-17-25-18-16-22-29-23-25/h7,9,11,13-14,16,18-20,22-23,27,30H,1-6,8,10,12,15,17,21,24H2,(H,31,32)/t27-/m1/s1. The van der Waals surface area contributed by atoms with Crippen molar-refractivity contribution in [2.24, 2.45) is 0 Å². The molecule has 0 aliphatic carbocycles. The molecule has 0 aliphatic heterocycles. The van der Waals surface area contributed by atoms with Gasteiger partial charge in [-0.25, -0.2) is 0 Å². The van der Waals surface area contributed by atoms with Crippen LogP contribution in [0.1, 0.15) is 81.3 Å². The lowest BCUT2D eigenvalue weighted by molar-refractivity contribution is -0.138. The second-order valence-corrected chi connectivity index (χ2v) is 8.49. The molecule has 32 heavy (non-hydrogen) atoms. The topological polar surface area (TPSA) is 62.2 Å². The van der Waals surface area contributed by atoms with Crippen LogP contribution in [-0.2, 0) is 11.2 Å². The molecular weight excluding hydrogens is 396 g/mol. The number of unbranched alkanes of at least 4 members (excludes halogenated alkanes) is 8. The van der Waals surface area contributed by atoms with Crippen LogP contribution in [0.3, 0.4) is 0 Å². The summed E-state index contributed by atoms with van der Waals surface area (Å²) in [6.45, 7) is 1.39. The Kier molecular flexibility index (Phi) is 13.8. The minimum Gasteiger partial charge on any atom is -0.481 e. The highest BCUT2D eigenvalue weighted by molar-refractivity contribution is 5.76. The average molecular weight is 437 g/mol. The molecule has 2 aromatic rings. The number of aryl methyl sites for hydroxylation is 1. The number of carboxylic acids is 1. The van der Waals surface area contributed by atoms with Crippen molar-refractivity contribution in [3.8, 4) is 0 Å². The minimum atomic E-state index is -0.760. The third-order valence-electron chi connectivity index (χ3n) is 5.81. The van der Waals surface area contributed by atoms with Crippen LogP contribution in [0.2, 0.25) is 0 Å². The molecule has 4 nitrogen and oxygen atoms in total. The number of benzene rings is 1. The Bertz CT molecular complexity index is 747. The molecule has 1 atom stereocenters. The molecule has 2 N–H and O–H groups in total. The third-order valence-corrected chi connectivity index (χ3v) is 5.81. The average Bonchev–Trinajstić information content (AvgIpc) is 2.82. The number of rotatable bonds is 18. The lowest BCUT2D eigenvalue weighted by atomic mass is 9.99. The number of hydrogen-bond acceptors (Lipinski definition) is 3. The molecule has 0 saturated heterocycles. The predicted molar refractivity (Wildman–Crippen MR) is 133 cm³/mol. The van der Waals surface area contributed by atoms with E-state index in [2.05, 4.69) is 28.5 Å². The van der Waals surface area contributed by atoms with Crippen molar-refractivity contribution >= 4 is 5.97 Å². The Morgan fingerprint density at radius 3 is 2.25 bits per heavy atom. The van der Waals surface area contributed by atoms with E-state index in [0.717, 1.165) is 31.4 Å². The molecule has 0 bridgehead atoms. The van der Waals surface area contributed by atoms with E-state index in [-0.39, 0.29) is 0 Å². The molecular formula is C28H40N2O2. The number of carbonyl (C=O) groups is 1. The quantitative estimate of drug-likeness (QED) is 0.206. The number of pyridine rings is 1. The highest BCUT2D eigenvalue weighted by Gasteiger charge is 2.18. The highest BCUT2D eigenvalue weighted by atomic mass is 16.4. The van der Waals surface area contributed by atoms with Crippen LogP contribution in [0.4, 0.5) is 0 Å². The minimum absolute atomic E-state index is 0.466. The van der Waals surface area contributed by atoms with Crippen LogP contribution in [0, 0.1) is 0 Å². The maximum atomic E-state index is 11.5. The van der Waals surface area contributed by atoms with Gasteiger partial charge in [-0.15, -0.1) is 0 Å². The Balaban J connectivity index is 1.36. The van der Waals surface area contributed by atoms with Crippen molar-refractivity contribution in [3.63, 3.8) is 0 Å². The zero-order chi connectivity index (χ0) is 22.7. The van der Waals surface area contributed by atoms with Gasteiger partial charge < -0.3 is 10.4 Å². The normalized spacial score (nSPS) is 12.2. The number of nitrogens with zero attached hydrogens (tertiary/aromatic N) is 1. The lowest BCUT2D eigenvalue weighted by Gasteiger charge is -2.13. The number of carboxylic acid groups (broad SMARTS) is 1. The maximum Gasteiger partial charge on any atom is 0.312 e. The molecule has 174 valence electrons. The highest BCUT2D eigenvalue weighted by Crippen LogP contribution is 2.15. The zero-order valence-corrected chi connectivity index (χ0v) is 19.4. The van der Waals surface area contributed by atoms with Crippen LogP contribution in [0.15, 0.2) is 67.0 Å². The zero-order valence-electron chi connectivity index (χ0n) is 19.4. The summed E-state index contributed by atoms with van der Waals surface area (Å²) in [5, 5.41) is 12.8. The Hall–Kier alpha value is -2.46. The van der Waals surface area contributed by atoms with Crippen LogP contribution >= 0.6 is 0 Å². The summed E-state index contributed by atoms with van der Waals surface area (Å²) in [4.78, 5) is 15.6. The van der Waals surface area contributed by atoms with Gasteiger partial charge in [0.1, 0.15) is 0 Å². The maximum absolute atomic E-state index is 11.5. The fourth-order valence-corrected chi connectivity index (χ4v) is 3.88. The van der Waals surface area contributed by atoms with Gasteiger partial charge >= 0.3 is 5.97 Å². The molecule has 1 heterocycles. The summed E-state index contributed by atoms with van der Waals surface area (Å²) in [6, 6.07) is 13.6. The van der Waals surface area contributed by atoms with Crippen LogP contribution in [-0.4, -0.2) is 29.1 Å².